The molecule has 0 saturated carbocycles. The zero-order valence-electron chi connectivity index (χ0n) is 5.66. The van der Waals surface area contributed by atoms with E-state index in [9.17, 15) is 0 Å². The maximum Gasteiger partial charge on any atom is 0.152 e. The van der Waals surface area contributed by atoms with Crippen molar-refractivity contribution in [3.63, 3.8) is 0 Å². The van der Waals surface area contributed by atoms with Gasteiger partial charge in [0.1, 0.15) is 7.42 Å². The third-order valence-electron chi connectivity index (χ3n) is 1.87. The molecule has 0 atom stereocenters. The van der Waals surface area contributed by atoms with Gasteiger partial charge < -0.3 is 0 Å². The van der Waals surface area contributed by atoms with Gasteiger partial charge in [0.15, 0.2) is 7.38 Å². The fourth-order valence-corrected chi connectivity index (χ4v) is 28.2. The molecule has 4 heteroatoms. The Morgan fingerprint density at radius 1 is 1.67 bits per heavy atom. The fraction of sp³-hybridized carbons (Fsp3) is 1.00. The Balaban J connectivity index is 2.23. The van der Waals surface area contributed by atoms with Crippen molar-refractivity contribution in [2.24, 2.45) is 0 Å². The van der Waals surface area contributed by atoms with E-state index in [0.717, 1.165) is 0 Å². The van der Waals surface area contributed by atoms with E-state index in [0.29, 0.717) is 0 Å². The summed E-state index contributed by atoms with van der Waals surface area (Å²) in [5.74, 6) is 0. The van der Waals surface area contributed by atoms with Crippen LogP contribution in [0.15, 0.2) is 0 Å². The van der Waals surface area contributed by atoms with Crippen molar-refractivity contribution in [2.75, 3.05) is 0 Å². The smallest absolute Gasteiger partial charge is 0.152 e. The second kappa shape index (κ2) is 3.07. The highest BCUT2D eigenvalue weighted by atomic mass is 79.9. The Hall–Kier alpha value is 1.20. The molecule has 0 N–H and O–H groups in total. The maximum atomic E-state index is 6.35. The molecule has 1 saturated heterocycles. The predicted octanol–water partition coefficient (Wildman–Crippen LogP) is 2.79. The number of hydrogen-bond acceptors (Lipinski definition) is 0. The molecule has 0 aliphatic carbocycles. The molecular formula is C5H12BrClSi2. The van der Waals surface area contributed by atoms with Crippen LogP contribution in [0.4, 0.5) is 0 Å². The topological polar surface area (TPSA) is 0 Å². The second-order valence-electron chi connectivity index (χ2n) is 2.91. The second-order valence-corrected chi connectivity index (χ2v) is 16.5. The Bertz CT molecular complexity index is 97.6. The summed E-state index contributed by atoms with van der Waals surface area (Å²) in [5.41, 5.74) is 2.87. The lowest BCUT2D eigenvalue weighted by atomic mass is 10.6. The Kier molecular flexibility index (Phi) is 2.83. The van der Waals surface area contributed by atoms with E-state index in [-0.39, 0.29) is 7.42 Å². The van der Waals surface area contributed by atoms with Crippen LogP contribution in [-0.4, -0.2) is 14.8 Å². The van der Waals surface area contributed by atoms with Gasteiger partial charge >= 0.3 is 0 Å². The highest BCUT2D eigenvalue weighted by Gasteiger charge is 2.43. The molecule has 0 nitrogen and oxygen atoms in total. The van der Waals surface area contributed by atoms with E-state index < -0.39 is 7.38 Å². The third-order valence-corrected chi connectivity index (χ3v) is 21.8. The normalized spacial score (nSPS) is 42.3. The summed E-state index contributed by atoms with van der Waals surface area (Å²) in [5, 5.41) is 0. The number of rotatable bonds is 2. The third kappa shape index (κ3) is 2.07. The van der Waals surface area contributed by atoms with E-state index >= 15 is 0 Å². The largest absolute Gasteiger partial charge is 0.168 e. The molecule has 0 aromatic rings. The van der Waals surface area contributed by atoms with Gasteiger partial charge in [-0.15, -0.1) is 15.3 Å². The van der Waals surface area contributed by atoms with Crippen LogP contribution in [0.3, 0.4) is 0 Å². The monoisotopic (exact) mass is 242 g/mol. The van der Waals surface area contributed by atoms with Gasteiger partial charge in [-0.2, -0.15) is 11.1 Å². The molecule has 0 spiro atoms. The van der Waals surface area contributed by atoms with Crippen LogP contribution in [0, 0.1) is 0 Å². The van der Waals surface area contributed by atoms with Crippen LogP contribution < -0.4 is 0 Å². The Morgan fingerprint density at radius 2 is 2.22 bits per heavy atom. The molecule has 1 fully saturated rings. The van der Waals surface area contributed by atoms with Crippen molar-refractivity contribution in [1.29, 1.82) is 0 Å². The van der Waals surface area contributed by atoms with E-state index in [4.69, 9.17) is 11.1 Å². The quantitative estimate of drug-likeness (QED) is 0.517. The van der Waals surface area contributed by atoms with Gasteiger partial charge in [0.25, 0.3) is 0 Å². The molecular weight excluding hydrogens is 232 g/mol. The van der Waals surface area contributed by atoms with E-state index in [1.54, 1.807) is 0 Å². The summed E-state index contributed by atoms with van der Waals surface area (Å²) in [6.45, 7) is 2.24. The van der Waals surface area contributed by atoms with Gasteiger partial charge in [-0.05, 0) is 17.4 Å². The summed E-state index contributed by atoms with van der Waals surface area (Å²) < 4.78 is 0. The van der Waals surface area contributed by atoms with Crippen molar-refractivity contribution < 1.29 is 0 Å². The standard InChI is InChI=1S/C5H12BrClSi2/c1-2-3-9(7)4-8(6)5-9/h8H,2-5H2,1H3. The highest BCUT2D eigenvalue weighted by molar-refractivity contribution is 9.24. The molecule has 0 aromatic carbocycles. The van der Waals surface area contributed by atoms with E-state index in [1.807, 2.05) is 0 Å². The van der Waals surface area contributed by atoms with Crippen molar-refractivity contribution in [2.45, 2.75) is 30.7 Å². The zero-order chi connectivity index (χ0) is 6.91. The van der Waals surface area contributed by atoms with Gasteiger partial charge in [-0.3, -0.25) is 0 Å². The SMILES string of the molecule is CCC[Si]1(Cl)C[SiH](Br)C1. The first-order chi connectivity index (χ1) is 4.16. The van der Waals surface area contributed by atoms with Gasteiger partial charge in [0, 0.05) is 0 Å². The van der Waals surface area contributed by atoms with Crippen LogP contribution in [0.25, 0.3) is 0 Å². The van der Waals surface area contributed by atoms with Crippen molar-refractivity contribution >= 4 is 41.2 Å². The fourth-order valence-electron chi connectivity index (χ4n) is 1.39. The maximum absolute atomic E-state index is 6.35. The molecule has 0 unspecified atom stereocenters. The first-order valence-corrected chi connectivity index (χ1v) is 11.9. The van der Waals surface area contributed by atoms with Crippen LogP contribution >= 0.6 is 26.4 Å². The lowest BCUT2D eigenvalue weighted by Crippen LogP contribution is -2.45. The minimum absolute atomic E-state index is 0.383. The Labute approximate surface area is 71.9 Å². The van der Waals surface area contributed by atoms with Gasteiger partial charge in [-0.25, -0.2) is 0 Å². The Morgan fingerprint density at radius 3 is 2.56 bits per heavy atom. The summed E-state index contributed by atoms with van der Waals surface area (Å²) >= 11 is 10.0. The zero-order valence-corrected chi connectivity index (χ0v) is 10.2. The van der Waals surface area contributed by atoms with Crippen molar-refractivity contribution in [3.8, 4) is 0 Å². The lowest BCUT2D eigenvalue weighted by Gasteiger charge is -2.36. The summed E-state index contributed by atoms with van der Waals surface area (Å²) in [6.07, 6.45) is 1.30. The summed E-state index contributed by atoms with van der Waals surface area (Å²) in [6, 6.07) is 1.35. The number of halogens is 2. The first kappa shape index (κ1) is 8.30. The van der Waals surface area contributed by atoms with Crippen molar-refractivity contribution in [3.05, 3.63) is 0 Å². The van der Waals surface area contributed by atoms with Gasteiger partial charge in [0.05, 0.1) is 0 Å². The van der Waals surface area contributed by atoms with E-state index in [2.05, 4.69) is 22.2 Å². The minimum atomic E-state index is -1.07. The molecule has 0 radical (unpaired) electrons. The average Bonchev–Trinajstić information content (AvgIpc) is 1.62. The van der Waals surface area contributed by atoms with Crippen molar-refractivity contribution in [1.82, 2.24) is 0 Å². The minimum Gasteiger partial charge on any atom is -0.168 e. The summed E-state index contributed by atoms with van der Waals surface area (Å²) in [7, 11) is -1.46. The molecule has 54 valence electrons. The van der Waals surface area contributed by atoms with Crippen LogP contribution in [-0.2, 0) is 0 Å². The molecule has 0 bridgehead atoms. The molecule has 0 aromatic heterocycles. The molecule has 1 rings (SSSR count). The lowest BCUT2D eigenvalue weighted by molar-refractivity contribution is 1.05. The van der Waals surface area contributed by atoms with Crippen LogP contribution in [0.2, 0.25) is 17.4 Å². The average molecular weight is 244 g/mol. The van der Waals surface area contributed by atoms with Gasteiger partial charge in [0.2, 0.25) is 0 Å². The molecule has 1 aliphatic rings. The van der Waals surface area contributed by atoms with E-state index in [1.165, 1.54) is 23.8 Å². The molecule has 9 heavy (non-hydrogen) atoms. The molecule has 1 heterocycles. The first-order valence-electron chi connectivity index (χ1n) is 3.49. The van der Waals surface area contributed by atoms with Crippen LogP contribution in [0.1, 0.15) is 13.3 Å². The summed E-state index contributed by atoms with van der Waals surface area (Å²) in [4.78, 5) is 0. The molecule has 0 amide bonds. The molecule has 1 aliphatic heterocycles. The van der Waals surface area contributed by atoms with Gasteiger partial charge in [-0.1, -0.05) is 13.3 Å². The predicted molar refractivity (Wildman–Crippen MR) is 52.4 cm³/mol. The van der Waals surface area contributed by atoms with Crippen LogP contribution in [0.5, 0.6) is 0 Å². The number of hydrogen-bond donors (Lipinski definition) is 0. The highest BCUT2D eigenvalue weighted by Crippen LogP contribution is 2.41.